The third-order valence-corrected chi connectivity index (χ3v) is 4.59. The highest BCUT2D eigenvalue weighted by molar-refractivity contribution is 7.84. The Kier molecular flexibility index (Phi) is 4.77. The number of carbonyl (C=O) groups is 1. The first-order chi connectivity index (χ1) is 9.09. The maximum atomic E-state index is 12.2. The lowest BCUT2D eigenvalue weighted by molar-refractivity contribution is -0.120. The molecule has 0 unspecified atom stereocenters. The first kappa shape index (κ1) is 14.3. The Balaban J connectivity index is 2.19. The predicted molar refractivity (Wildman–Crippen MR) is 78.9 cm³/mol. The van der Waals surface area contributed by atoms with Crippen LogP contribution in [0.2, 0.25) is 5.02 Å². The normalized spacial score (nSPS) is 20.0. The van der Waals surface area contributed by atoms with E-state index in [0.29, 0.717) is 15.6 Å². The van der Waals surface area contributed by atoms with Gasteiger partial charge in [0.2, 0.25) is 5.91 Å². The van der Waals surface area contributed by atoms with Crippen LogP contribution in [0.5, 0.6) is 0 Å². The fourth-order valence-electron chi connectivity index (χ4n) is 2.17. The first-order valence-electron chi connectivity index (χ1n) is 6.17. The van der Waals surface area contributed by atoms with Gasteiger partial charge in [-0.05, 0) is 31.4 Å². The highest BCUT2D eigenvalue weighted by Crippen LogP contribution is 2.28. The van der Waals surface area contributed by atoms with Crippen molar-refractivity contribution in [1.29, 1.82) is 0 Å². The number of benzene rings is 1. The van der Waals surface area contributed by atoms with Crippen LogP contribution in [0.3, 0.4) is 0 Å². The third kappa shape index (κ3) is 3.45. The fraction of sp³-hybridized carbons (Fsp3) is 0.357. The summed E-state index contributed by atoms with van der Waals surface area (Å²) in [5.41, 5.74) is 0.549. The van der Waals surface area contributed by atoms with Gasteiger partial charge >= 0.3 is 0 Å². The maximum absolute atomic E-state index is 12.2. The van der Waals surface area contributed by atoms with Gasteiger partial charge in [0, 0.05) is 12.2 Å². The van der Waals surface area contributed by atoms with Gasteiger partial charge in [0.05, 0.1) is 26.4 Å². The molecule has 19 heavy (non-hydrogen) atoms. The van der Waals surface area contributed by atoms with Crippen molar-refractivity contribution in [2.75, 3.05) is 11.6 Å². The summed E-state index contributed by atoms with van der Waals surface area (Å²) in [5.74, 6) is -0.0413. The molecule has 0 aliphatic heterocycles. The Morgan fingerprint density at radius 2 is 2.21 bits per heavy atom. The van der Waals surface area contributed by atoms with E-state index < -0.39 is 10.8 Å². The molecule has 0 fully saturated rings. The van der Waals surface area contributed by atoms with Gasteiger partial charge in [0.1, 0.15) is 0 Å². The molecule has 0 saturated heterocycles. The lowest BCUT2D eigenvalue weighted by Gasteiger charge is -2.18. The zero-order chi connectivity index (χ0) is 13.8. The summed E-state index contributed by atoms with van der Waals surface area (Å²) in [5, 5.41) is 3.27. The van der Waals surface area contributed by atoms with E-state index in [4.69, 9.17) is 11.6 Å². The molecular formula is C14H16ClNO2S. The van der Waals surface area contributed by atoms with E-state index in [1.807, 2.05) is 6.08 Å². The monoisotopic (exact) mass is 297 g/mol. The summed E-state index contributed by atoms with van der Waals surface area (Å²) in [6.45, 7) is 0. The largest absolute Gasteiger partial charge is 0.325 e. The summed E-state index contributed by atoms with van der Waals surface area (Å²) in [4.78, 5) is 12.7. The van der Waals surface area contributed by atoms with Crippen LogP contribution in [0.15, 0.2) is 35.2 Å². The van der Waals surface area contributed by atoms with Crippen LogP contribution in [0, 0.1) is 5.92 Å². The van der Waals surface area contributed by atoms with Gasteiger partial charge in [-0.25, -0.2) is 0 Å². The van der Waals surface area contributed by atoms with Crippen molar-refractivity contribution in [1.82, 2.24) is 0 Å². The molecule has 0 bridgehead atoms. The quantitative estimate of drug-likeness (QED) is 0.870. The number of hydrogen-bond donors (Lipinski definition) is 1. The van der Waals surface area contributed by atoms with E-state index in [-0.39, 0.29) is 11.8 Å². The number of rotatable bonds is 3. The van der Waals surface area contributed by atoms with Crippen LogP contribution in [0.25, 0.3) is 0 Å². The minimum absolute atomic E-state index is 0.0119. The number of nitrogens with one attached hydrogen (secondary N) is 1. The van der Waals surface area contributed by atoms with Crippen molar-refractivity contribution in [3.63, 3.8) is 0 Å². The van der Waals surface area contributed by atoms with Crippen molar-refractivity contribution in [3.05, 3.63) is 35.4 Å². The second kappa shape index (κ2) is 6.35. The molecule has 0 spiro atoms. The minimum Gasteiger partial charge on any atom is -0.325 e. The predicted octanol–water partition coefficient (Wildman–Crippen LogP) is 3.37. The van der Waals surface area contributed by atoms with Crippen molar-refractivity contribution < 1.29 is 9.00 Å². The lowest BCUT2D eigenvalue weighted by atomic mass is 9.93. The molecule has 0 heterocycles. The highest BCUT2D eigenvalue weighted by Gasteiger charge is 2.20. The van der Waals surface area contributed by atoms with Crippen LogP contribution in [0.4, 0.5) is 5.69 Å². The second-order valence-corrected chi connectivity index (χ2v) is 6.26. The Labute approximate surface area is 120 Å². The molecule has 2 rings (SSSR count). The van der Waals surface area contributed by atoms with Crippen LogP contribution in [-0.4, -0.2) is 16.4 Å². The first-order valence-corrected chi connectivity index (χ1v) is 8.11. The number of hydrogen-bond acceptors (Lipinski definition) is 2. The molecule has 2 atom stereocenters. The molecule has 5 heteroatoms. The average Bonchev–Trinajstić information content (AvgIpc) is 2.39. The molecule has 3 nitrogen and oxygen atoms in total. The SMILES string of the molecule is C[S@@](=O)c1c(Cl)cccc1NC(=O)[C@H]1CC=CCC1. The molecule has 0 radical (unpaired) electrons. The van der Waals surface area contributed by atoms with Gasteiger partial charge in [-0.2, -0.15) is 0 Å². The molecule has 1 amide bonds. The molecule has 0 saturated carbocycles. The fourth-order valence-corrected chi connectivity index (χ4v) is 3.44. The van der Waals surface area contributed by atoms with Crippen molar-refractivity contribution >= 4 is 34.0 Å². The van der Waals surface area contributed by atoms with Gasteiger partial charge in [-0.15, -0.1) is 0 Å². The summed E-state index contributed by atoms with van der Waals surface area (Å²) in [6.07, 6.45) is 8.23. The molecule has 0 aromatic heterocycles. The molecule has 1 N–H and O–H groups in total. The van der Waals surface area contributed by atoms with Gasteiger partial charge in [-0.3, -0.25) is 9.00 Å². The second-order valence-electron chi connectivity index (χ2n) is 4.54. The number of anilines is 1. The molecule has 102 valence electrons. The van der Waals surface area contributed by atoms with Crippen molar-refractivity contribution in [2.45, 2.75) is 24.2 Å². The van der Waals surface area contributed by atoms with Gasteiger partial charge in [0.25, 0.3) is 0 Å². The average molecular weight is 298 g/mol. The van der Waals surface area contributed by atoms with E-state index in [1.54, 1.807) is 24.5 Å². The lowest BCUT2D eigenvalue weighted by Crippen LogP contribution is -2.24. The zero-order valence-electron chi connectivity index (χ0n) is 10.7. The zero-order valence-corrected chi connectivity index (χ0v) is 12.3. The topological polar surface area (TPSA) is 46.2 Å². The van der Waals surface area contributed by atoms with Crippen LogP contribution < -0.4 is 5.32 Å². The van der Waals surface area contributed by atoms with Crippen LogP contribution in [0.1, 0.15) is 19.3 Å². The number of allylic oxidation sites excluding steroid dienone is 2. The van der Waals surface area contributed by atoms with E-state index in [2.05, 4.69) is 11.4 Å². The molecular weight excluding hydrogens is 282 g/mol. The Morgan fingerprint density at radius 3 is 2.84 bits per heavy atom. The maximum Gasteiger partial charge on any atom is 0.227 e. The van der Waals surface area contributed by atoms with E-state index >= 15 is 0 Å². The highest BCUT2D eigenvalue weighted by atomic mass is 35.5. The van der Waals surface area contributed by atoms with Gasteiger partial charge in [-0.1, -0.05) is 29.8 Å². The Hall–Kier alpha value is -1.13. The molecule has 1 aromatic rings. The molecule has 1 aliphatic carbocycles. The van der Waals surface area contributed by atoms with Crippen molar-refractivity contribution in [3.8, 4) is 0 Å². The third-order valence-electron chi connectivity index (χ3n) is 3.15. The standard InChI is InChI=1S/C14H16ClNO2S/c1-19(18)13-11(15)8-5-9-12(13)16-14(17)10-6-3-2-4-7-10/h2-3,5,8-10H,4,6-7H2,1H3,(H,16,17)/t10-,19+/m0/s1. The van der Waals surface area contributed by atoms with E-state index in [0.717, 1.165) is 19.3 Å². The smallest absolute Gasteiger partial charge is 0.227 e. The van der Waals surface area contributed by atoms with E-state index in [1.165, 1.54) is 0 Å². The summed E-state index contributed by atoms with van der Waals surface area (Å²) in [6, 6.07) is 5.16. The van der Waals surface area contributed by atoms with Gasteiger partial charge in [0.15, 0.2) is 0 Å². The summed E-state index contributed by atoms with van der Waals surface area (Å²) >= 11 is 6.04. The summed E-state index contributed by atoms with van der Waals surface area (Å²) < 4.78 is 11.7. The van der Waals surface area contributed by atoms with Crippen LogP contribution in [-0.2, 0) is 15.6 Å². The Bertz CT molecular complexity index is 542. The minimum atomic E-state index is -1.23. The van der Waals surface area contributed by atoms with Crippen molar-refractivity contribution in [2.24, 2.45) is 5.92 Å². The molecule has 1 aliphatic rings. The number of carbonyl (C=O) groups excluding carboxylic acids is 1. The number of amides is 1. The van der Waals surface area contributed by atoms with Crippen LogP contribution >= 0.6 is 11.6 Å². The summed E-state index contributed by atoms with van der Waals surface area (Å²) in [7, 11) is -1.23. The molecule has 1 aromatic carbocycles. The van der Waals surface area contributed by atoms with Gasteiger partial charge < -0.3 is 5.32 Å². The Morgan fingerprint density at radius 1 is 1.42 bits per heavy atom. The van der Waals surface area contributed by atoms with E-state index in [9.17, 15) is 9.00 Å². The number of halogens is 1.